The van der Waals surface area contributed by atoms with Crippen molar-refractivity contribution >= 4 is 23.8 Å². The lowest BCUT2D eigenvalue weighted by molar-refractivity contribution is -0.140. The van der Waals surface area contributed by atoms with Gasteiger partial charge in [0.05, 0.1) is 0 Å². The van der Waals surface area contributed by atoms with Gasteiger partial charge in [0, 0.05) is 39.1 Å². The lowest BCUT2D eigenvalue weighted by Gasteiger charge is -2.34. The zero-order chi connectivity index (χ0) is 22.0. The summed E-state index contributed by atoms with van der Waals surface area (Å²) in [7, 11) is 0. The maximum Gasteiger partial charge on any atom is 0.344 e. The molecule has 3 aliphatic rings. The zero-order valence-electron chi connectivity index (χ0n) is 17.8. The number of imide groups is 1. The summed E-state index contributed by atoms with van der Waals surface area (Å²) in [4.78, 5) is 53.6. The predicted molar refractivity (Wildman–Crippen MR) is 110 cm³/mol. The van der Waals surface area contributed by atoms with Gasteiger partial charge in [-0.05, 0) is 31.9 Å². The Kier molecular flexibility index (Phi) is 5.99. The van der Waals surface area contributed by atoms with Crippen LogP contribution in [0.3, 0.4) is 0 Å². The van der Waals surface area contributed by atoms with Crippen molar-refractivity contribution in [1.82, 2.24) is 25.6 Å². The zero-order valence-corrected chi connectivity index (χ0v) is 17.8. The highest BCUT2D eigenvalue weighted by molar-refractivity contribution is 6.08. The molecule has 2 saturated heterocycles. The lowest BCUT2D eigenvalue weighted by atomic mass is 9.82. The Balaban J connectivity index is 1.21. The van der Waals surface area contributed by atoms with Crippen LogP contribution in [0.2, 0.25) is 0 Å². The standard InChI is InChI=1S/C21H29N5O5/c1-15-5-6-16(31-15)18(28)25-13-11-24(12-14-25)10-7-17(27)23-26-19(29)21(22-20(26)30)8-3-2-4-9-21/h5-6H,2-4,7-14H2,1H3,(H,22,30)(H,23,27). The first-order valence-corrected chi connectivity index (χ1v) is 10.9. The van der Waals surface area contributed by atoms with Crippen LogP contribution in [0.15, 0.2) is 16.5 Å². The first-order valence-electron chi connectivity index (χ1n) is 10.9. The molecule has 10 heteroatoms. The van der Waals surface area contributed by atoms with E-state index < -0.39 is 11.6 Å². The smallest absolute Gasteiger partial charge is 0.344 e. The predicted octanol–water partition coefficient (Wildman–Crippen LogP) is 1.02. The second kappa shape index (κ2) is 8.70. The third-order valence-electron chi connectivity index (χ3n) is 6.37. The number of urea groups is 1. The number of nitrogens with zero attached hydrogens (tertiary/aromatic N) is 3. The van der Waals surface area contributed by atoms with Crippen molar-refractivity contribution in [2.45, 2.75) is 51.0 Å². The van der Waals surface area contributed by atoms with Gasteiger partial charge < -0.3 is 14.6 Å². The molecule has 4 rings (SSSR count). The number of aryl methyl sites for hydroxylation is 1. The molecule has 1 aliphatic carbocycles. The number of amides is 5. The van der Waals surface area contributed by atoms with Crippen molar-refractivity contribution in [2.24, 2.45) is 0 Å². The summed E-state index contributed by atoms with van der Waals surface area (Å²) >= 11 is 0. The van der Waals surface area contributed by atoms with E-state index in [1.54, 1.807) is 24.0 Å². The second-order valence-electron chi connectivity index (χ2n) is 8.54. The van der Waals surface area contributed by atoms with E-state index in [0.717, 1.165) is 24.3 Å². The van der Waals surface area contributed by atoms with Crippen LogP contribution in [0.25, 0.3) is 0 Å². The Morgan fingerprint density at radius 3 is 2.45 bits per heavy atom. The van der Waals surface area contributed by atoms with Crippen LogP contribution in [0, 0.1) is 6.92 Å². The average Bonchev–Trinajstić information content (AvgIpc) is 3.30. The number of carbonyl (C=O) groups excluding carboxylic acids is 4. The van der Waals surface area contributed by atoms with Gasteiger partial charge in [-0.25, -0.2) is 4.79 Å². The summed E-state index contributed by atoms with van der Waals surface area (Å²) in [5, 5.41) is 3.62. The van der Waals surface area contributed by atoms with Crippen LogP contribution < -0.4 is 10.7 Å². The molecule has 3 heterocycles. The maximum atomic E-state index is 12.7. The summed E-state index contributed by atoms with van der Waals surface area (Å²) in [6.45, 7) is 4.68. The summed E-state index contributed by atoms with van der Waals surface area (Å²) in [6.07, 6.45) is 4.23. The van der Waals surface area contributed by atoms with E-state index in [-0.39, 0.29) is 24.1 Å². The molecular formula is C21H29N5O5. The van der Waals surface area contributed by atoms with Crippen molar-refractivity contribution in [3.05, 3.63) is 23.7 Å². The first-order chi connectivity index (χ1) is 14.9. The molecular weight excluding hydrogens is 402 g/mol. The summed E-state index contributed by atoms with van der Waals surface area (Å²) < 4.78 is 5.40. The Morgan fingerprint density at radius 1 is 1.10 bits per heavy atom. The number of hydrogen-bond acceptors (Lipinski definition) is 6. The van der Waals surface area contributed by atoms with Gasteiger partial charge in [-0.2, -0.15) is 5.01 Å². The normalized spacial score (nSPS) is 21.5. The molecule has 31 heavy (non-hydrogen) atoms. The number of nitrogens with one attached hydrogen (secondary N) is 2. The summed E-state index contributed by atoms with van der Waals surface area (Å²) in [5.41, 5.74) is 1.62. The molecule has 0 aromatic carbocycles. The number of carbonyl (C=O) groups is 4. The highest BCUT2D eigenvalue weighted by Gasteiger charge is 2.52. The summed E-state index contributed by atoms with van der Waals surface area (Å²) in [5.74, 6) is 0.189. The maximum absolute atomic E-state index is 12.7. The van der Waals surface area contributed by atoms with E-state index in [4.69, 9.17) is 4.42 Å². The fourth-order valence-electron chi connectivity index (χ4n) is 4.54. The Labute approximate surface area is 180 Å². The third kappa shape index (κ3) is 4.43. The molecule has 1 aromatic heterocycles. The Hall–Kier alpha value is -2.88. The second-order valence-corrected chi connectivity index (χ2v) is 8.54. The third-order valence-corrected chi connectivity index (χ3v) is 6.37. The van der Waals surface area contributed by atoms with E-state index in [9.17, 15) is 19.2 Å². The topological polar surface area (TPSA) is 115 Å². The van der Waals surface area contributed by atoms with Crippen molar-refractivity contribution in [3.63, 3.8) is 0 Å². The van der Waals surface area contributed by atoms with Crippen LogP contribution >= 0.6 is 0 Å². The molecule has 1 saturated carbocycles. The van der Waals surface area contributed by atoms with Crippen molar-refractivity contribution in [2.75, 3.05) is 32.7 Å². The van der Waals surface area contributed by atoms with Crippen LogP contribution in [-0.4, -0.2) is 76.8 Å². The van der Waals surface area contributed by atoms with Gasteiger partial charge in [-0.1, -0.05) is 19.3 Å². The fraction of sp³-hybridized carbons (Fsp3) is 0.619. The van der Waals surface area contributed by atoms with Crippen molar-refractivity contribution in [1.29, 1.82) is 0 Å². The average molecular weight is 431 g/mol. The van der Waals surface area contributed by atoms with Gasteiger partial charge in [0.1, 0.15) is 11.3 Å². The van der Waals surface area contributed by atoms with Crippen molar-refractivity contribution < 1.29 is 23.6 Å². The minimum Gasteiger partial charge on any atom is -0.456 e. The number of piperazine rings is 1. The minimum atomic E-state index is -0.849. The van der Waals surface area contributed by atoms with E-state index >= 15 is 0 Å². The number of hydrazine groups is 1. The van der Waals surface area contributed by atoms with Crippen LogP contribution in [0.5, 0.6) is 0 Å². The molecule has 2 aliphatic heterocycles. The molecule has 0 radical (unpaired) electrons. The Bertz CT molecular complexity index is 867. The minimum absolute atomic E-state index is 0.124. The van der Waals surface area contributed by atoms with Crippen molar-refractivity contribution in [3.8, 4) is 0 Å². The highest BCUT2D eigenvalue weighted by atomic mass is 16.3. The molecule has 3 fully saturated rings. The van der Waals surface area contributed by atoms with E-state index in [0.29, 0.717) is 57.1 Å². The number of rotatable bonds is 5. The molecule has 1 spiro atoms. The number of furan rings is 1. The Morgan fingerprint density at radius 2 is 1.81 bits per heavy atom. The van der Waals surface area contributed by atoms with Gasteiger partial charge in [0.25, 0.3) is 11.8 Å². The first kappa shape index (κ1) is 21.4. The van der Waals surface area contributed by atoms with Crippen LogP contribution in [0.1, 0.15) is 54.8 Å². The molecule has 0 atom stereocenters. The summed E-state index contributed by atoms with van der Waals surface area (Å²) in [6, 6.07) is 2.89. The van der Waals surface area contributed by atoms with Gasteiger partial charge in [-0.15, -0.1) is 0 Å². The molecule has 0 unspecified atom stereocenters. The largest absolute Gasteiger partial charge is 0.456 e. The monoisotopic (exact) mass is 431 g/mol. The van der Waals surface area contributed by atoms with Gasteiger partial charge in [0.2, 0.25) is 5.91 Å². The van der Waals surface area contributed by atoms with E-state index in [1.807, 2.05) is 0 Å². The molecule has 10 nitrogen and oxygen atoms in total. The molecule has 1 aromatic rings. The van der Waals surface area contributed by atoms with Gasteiger partial charge >= 0.3 is 6.03 Å². The van der Waals surface area contributed by atoms with Gasteiger partial charge in [0.15, 0.2) is 5.76 Å². The molecule has 5 amide bonds. The van der Waals surface area contributed by atoms with Gasteiger partial charge in [-0.3, -0.25) is 24.7 Å². The lowest BCUT2D eigenvalue weighted by Crippen LogP contribution is -2.52. The highest BCUT2D eigenvalue weighted by Crippen LogP contribution is 2.33. The SMILES string of the molecule is Cc1ccc(C(=O)N2CCN(CCC(=O)NN3C(=O)NC4(CCCCC4)C3=O)CC2)o1. The molecule has 168 valence electrons. The van der Waals surface area contributed by atoms with E-state index in [1.165, 1.54) is 0 Å². The van der Waals surface area contributed by atoms with E-state index in [2.05, 4.69) is 15.6 Å². The quantitative estimate of drug-likeness (QED) is 0.673. The van der Waals surface area contributed by atoms with Crippen LogP contribution in [0.4, 0.5) is 4.79 Å². The van der Waals surface area contributed by atoms with Crippen LogP contribution in [-0.2, 0) is 9.59 Å². The molecule has 0 bridgehead atoms. The molecule has 2 N–H and O–H groups in total. The number of hydrogen-bond donors (Lipinski definition) is 2. The fourth-order valence-corrected chi connectivity index (χ4v) is 4.54.